The highest BCUT2D eigenvalue weighted by Gasteiger charge is 2.36. The van der Waals surface area contributed by atoms with Gasteiger partial charge in [-0.2, -0.15) is 0 Å². The molecule has 0 aliphatic carbocycles. The van der Waals surface area contributed by atoms with E-state index in [2.05, 4.69) is 5.32 Å². The van der Waals surface area contributed by atoms with Crippen molar-refractivity contribution in [3.8, 4) is 0 Å². The van der Waals surface area contributed by atoms with E-state index in [0.29, 0.717) is 11.4 Å². The van der Waals surface area contributed by atoms with Crippen molar-refractivity contribution in [2.24, 2.45) is 0 Å². The monoisotopic (exact) mass is 350 g/mol. The van der Waals surface area contributed by atoms with E-state index in [9.17, 15) is 14.4 Å². The lowest BCUT2D eigenvalue weighted by Gasteiger charge is -2.11. The van der Waals surface area contributed by atoms with Gasteiger partial charge in [0.2, 0.25) is 5.91 Å². The fraction of sp³-hybridized carbons (Fsp3) is 0.312. The maximum atomic E-state index is 12.3. The highest BCUT2D eigenvalue weighted by molar-refractivity contribution is 8.18. The summed E-state index contributed by atoms with van der Waals surface area (Å²) in [4.78, 5) is 38.4. The maximum Gasteiger partial charge on any atom is 0.294 e. The summed E-state index contributed by atoms with van der Waals surface area (Å²) in [5, 5.41) is 2.25. The first-order chi connectivity index (χ1) is 11.0. The molecule has 0 spiro atoms. The van der Waals surface area contributed by atoms with Crippen LogP contribution in [0.4, 0.5) is 4.79 Å². The van der Waals surface area contributed by atoms with Gasteiger partial charge in [-0.15, -0.1) is 11.8 Å². The first-order valence-electron chi connectivity index (χ1n) is 7.21. The molecule has 1 N–H and O–H groups in total. The molecule has 0 aromatic heterocycles. The molecule has 0 bridgehead atoms. The molecule has 1 fully saturated rings. The molecule has 1 aromatic rings. The third kappa shape index (κ3) is 4.62. The smallest absolute Gasteiger partial charge is 0.294 e. The predicted octanol–water partition coefficient (Wildman–Crippen LogP) is 2.97. The van der Waals surface area contributed by atoms with Crippen LogP contribution < -0.4 is 5.32 Å². The molecule has 23 heavy (non-hydrogen) atoms. The number of nitrogens with zero attached hydrogens (tertiary/aromatic N) is 1. The van der Waals surface area contributed by atoms with Crippen LogP contribution in [-0.2, 0) is 9.59 Å². The Morgan fingerprint density at radius 1 is 1.30 bits per heavy atom. The van der Waals surface area contributed by atoms with Crippen LogP contribution in [0.3, 0.4) is 0 Å². The highest BCUT2D eigenvalue weighted by Crippen LogP contribution is 2.32. The molecule has 1 aromatic carbocycles. The molecule has 5 nitrogen and oxygen atoms in total. The quantitative estimate of drug-likeness (QED) is 0.631. The van der Waals surface area contributed by atoms with Crippen molar-refractivity contribution in [3.63, 3.8) is 0 Å². The van der Waals surface area contributed by atoms with Crippen LogP contribution in [0.25, 0.3) is 6.08 Å². The number of carbonyl (C=O) groups is 3. The van der Waals surface area contributed by atoms with Gasteiger partial charge in [-0.05, 0) is 48.2 Å². The standard InChI is InChI=1S/C16H18N2O3S2/c1-3-8-17-14(19)10-18-15(20)13(23-16(18)21)9-11-4-6-12(22-2)7-5-11/h4-7,9H,3,8,10H2,1-2H3,(H,17,19)/b13-9-. The summed E-state index contributed by atoms with van der Waals surface area (Å²) >= 11 is 2.50. The molecule has 1 aliphatic rings. The number of hydrogen-bond acceptors (Lipinski definition) is 5. The normalized spacial score (nSPS) is 16.3. The molecule has 7 heteroatoms. The Labute approximate surface area is 143 Å². The van der Waals surface area contributed by atoms with Crippen molar-refractivity contribution < 1.29 is 14.4 Å². The number of carbonyl (C=O) groups excluding carboxylic acids is 3. The number of thioether (sulfide) groups is 2. The second kappa shape index (κ2) is 8.21. The van der Waals surface area contributed by atoms with Crippen LogP contribution in [0.15, 0.2) is 34.1 Å². The van der Waals surface area contributed by atoms with Crippen LogP contribution in [-0.4, -0.2) is 41.3 Å². The Hall–Kier alpha value is -1.73. The van der Waals surface area contributed by atoms with E-state index in [4.69, 9.17) is 0 Å². The van der Waals surface area contributed by atoms with E-state index in [1.165, 1.54) is 0 Å². The zero-order valence-electron chi connectivity index (χ0n) is 13.0. The van der Waals surface area contributed by atoms with Crippen molar-refractivity contribution in [2.45, 2.75) is 18.2 Å². The van der Waals surface area contributed by atoms with Crippen LogP contribution in [0.2, 0.25) is 0 Å². The molecule has 0 unspecified atom stereocenters. The Bertz CT molecular complexity index is 641. The first-order valence-corrected chi connectivity index (χ1v) is 9.25. The summed E-state index contributed by atoms with van der Waals surface area (Å²) in [6.07, 6.45) is 4.47. The minimum atomic E-state index is -0.416. The number of amides is 3. The highest BCUT2D eigenvalue weighted by atomic mass is 32.2. The van der Waals surface area contributed by atoms with Crippen LogP contribution in [0, 0.1) is 0 Å². The van der Waals surface area contributed by atoms with Gasteiger partial charge in [0.05, 0.1) is 4.91 Å². The molecule has 0 atom stereocenters. The van der Waals surface area contributed by atoms with E-state index in [-0.39, 0.29) is 12.5 Å². The fourth-order valence-electron chi connectivity index (χ4n) is 1.95. The first kappa shape index (κ1) is 17.6. The molecular weight excluding hydrogens is 332 g/mol. The lowest BCUT2D eigenvalue weighted by molar-refractivity contribution is -0.129. The van der Waals surface area contributed by atoms with Gasteiger partial charge in [-0.3, -0.25) is 19.3 Å². The van der Waals surface area contributed by atoms with Gasteiger partial charge < -0.3 is 5.32 Å². The average Bonchev–Trinajstić information content (AvgIpc) is 2.81. The third-order valence-corrected chi connectivity index (χ3v) is 4.81. The molecule has 1 saturated heterocycles. The summed E-state index contributed by atoms with van der Waals surface area (Å²) < 4.78 is 0. The lowest BCUT2D eigenvalue weighted by atomic mass is 10.2. The van der Waals surface area contributed by atoms with Gasteiger partial charge in [-0.1, -0.05) is 19.1 Å². The van der Waals surface area contributed by atoms with E-state index >= 15 is 0 Å². The van der Waals surface area contributed by atoms with Gasteiger partial charge in [0, 0.05) is 11.4 Å². The minimum absolute atomic E-state index is 0.229. The van der Waals surface area contributed by atoms with Gasteiger partial charge in [0.15, 0.2) is 0 Å². The van der Waals surface area contributed by atoms with Crippen LogP contribution in [0.1, 0.15) is 18.9 Å². The predicted molar refractivity (Wildman–Crippen MR) is 94.2 cm³/mol. The zero-order valence-corrected chi connectivity index (χ0v) is 14.6. The number of benzene rings is 1. The van der Waals surface area contributed by atoms with Gasteiger partial charge in [0.1, 0.15) is 6.54 Å². The minimum Gasteiger partial charge on any atom is -0.355 e. The van der Waals surface area contributed by atoms with Gasteiger partial charge in [-0.25, -0.2) is 0 Å². The Morgan fingerprint density at radius 2 is 2.00 bits per heavy atom. The average molecular weight is 350 g/mol. The molecule has 1 heterocycles. The Morgan fingerprint density at radius 3 is 2.61 bits per heavy atom. The fourth-order valence-corrected chi connectivity index (χ4v) is 3.20. The lowest BCUT2D eigenvalue weighted by Crippen LogP contribution is -2.39. The zero-order chi connectivity index (χ0) is 16.8. The number of hydrogen-bond donors (Lipinski definition) is 1. The third-order valence-electron chi connectivity index (χ3n) is 3.16. The summed E-state index contributed by atoms with van der Waals surface area (Å²) in [7, 11) is 0. The maximum absolute atomic E-state index is 12.3. The van der Waals surface area contributed by atoms with Crippen LogP contribution in [0.5, 0.6) is 0 Å². The number of rotatable bonds is 6. The number of imide groups is 1. The SMILES string of the molecule is CCCNC(=O)CN1C(=O)S/C(=C\c2ccc(SC)cc2)C1=O. The van der Waals surface area contributed by atoms with Crippen molar-refractivity contribution in [3.05, 3.63) is 34.7 Å². The molecular formula is C16H18N2O3S2. The molecule has 122 valence electrons. The number of nitrogens with one attached hydrogen (secondary N) is 1. The van der Waals surface area contributed by atoms with Crippen molar-refractivity contribution in [1.82, 2.24) is 10.2 Å². The molecule has 2 rings (SSSR count). The van der Waals surface area contributed by atoms with Crippen molar-refractivity contribution in [2.75, 3.05) is 19.3 Å². The molecule has 3 amide bonds. The van der Waals surface area contributed by atoms with Gasteiger partial charge >= 0.3 is 0 Å². The summed E-state index contributed by atoms with van der Waals surface area (Å²) in [5.74, 6) is -0.736. The van der Waals surface area contributed by atoms with Crippen molar-refractivity contribution in [1.29, 1.82) is 0 Å². The Balaban J connectivity index is 2.07. The molecule has 0 radical (unpaired) electrons. The van der Waals surface area contributed by atoms with E-state index in [1.807, 2.05) is 37.4 Å². The summed E-state index contributed by atoms with van der Waals surface area (Å²) in [6.45, 7) is 2.24. The second-order valence-electron chi connectivity index (χ2n) is 4.89. The second-order valence-corrected chi connectivity index (χ2v) is 6.76. The Kier molecular flexibility index (Phi) is 6.29. The topological polar surface area (TPSA) is 66.5 Å². The van der Waals surface area contributed by atoms with Crippen molar-refractivity contribution >= 4 is 46.7 Å². The largest absolute Gasteiger partial charge is 0.355 e. The molecule has 1 aliphatic heterocycles. The molecule has 0 saturated carbocycles. The summed E-state index contributed by atoms with van der Waals surface area (Å²) in [5.41, 5.74) is 0.851. The summed E-state index contributed by atoms with van der Waals surface area (Å²) in [6, 6.07) is 7.71. The van der Waals surface area contributed by atoms with Gasteiger partial charge in [0.25, 0.3) is 11.1 Å². The van der Waals surface area contributed by atoms with E-state index < -0.39 is 11.1 Å². The van der Waals surface area contributed by atoms with Crippen LogP contribution >= 0.6 is 23.5 Å². The van der Waals surface area contributed by atoms with E-state index in [1.54, 1.807) is 17.8 Å². The van der Waals surface area contributed by atoms with E-state index in [0.717, 1.165) is 33.5 Å².